The van der Waals surface area contributed by atoms with Gasteiger partial charge in [0.25, 0.3) is 0 Å². The molecule has 20 heavy (non-hydrogen) atoms. The molecule has 1 aromatic carbocycles. The molecule has 0 radical (unpaired) electrons. The van der Waals surface area contributed by atoms with Crippen LogP contribution in [0.5, 0.6) is 0 Å². The van der Waals surface area contributed by atoms with Crippen molar-refractivity contribution in [1.82, 2.24) is 5.32 Å². The highest BCUT2D eigenvalue weighted by Gasteiger charge is 2.32. The van der Waals surface area contributed by atoms with Crippen molar-refractivity contribution in [1.29, 1.82) is 0 Å². The Kier molecular flexibility index (Phi) is 4.69. The summed E-state index contributed by atoms with van der Waals surface area (Å²) in [6, 6.07) is 9.14. The van der Waals surface area contributed by atoms with Gasteiger partial charge in [0.15, 0.2) is 0 Å². The standard InChI is InChI=1S/C17H23NOS/c1-2-10-18-17(14-8-5-6-11-19-14)16-12-13-7-3-4-9-15(13)20-16/h3-4,7-9,16-18H,2,5-6,10-12H2,1H3. The van der Waals surface area contributed by atoms with Gasteiger partial charge in [-0.05, 0) is 49.9 Å². The van der Waals surface area contributed by atoms with Gasteiger partial charge in [-0.15, -0.1) is 11.8 Å². The van der Waals surface area contributed by atoms with Crippen molar-refractivity contribution in [3.8, 4) is 0 Å². The summed E-state index contributed by atoms with van der Waals surface area (Å²) >= 11 is 2.01. The van der Waals surface area contributed by atoms with E-state index in [0.717, 1.165) is 38.8 Å². The fourth-order valence-corrected chi connectivity index (χ4v) is 4.32. The first-order chi connectivity index (χ1) is 9.88. The Bertz CT molecular complexity index is 461. The van der Waals surface area contributed by atoms with E-state index in [2.05, 4.69) is 42.6 Å². The third-order valence-electron chi connectivity index (χ3n) is 3.93. The SMILES string of the molecule is CCCNC(C1=CCCCO1)C1Cc2ccccc2S1. The predicted octanol–water partition coefficient (Wildman–Crippen LogP) is 3.77. The molecule has 2 aliphatic heterocycles. The lowest BCUT2D eigenvalue weighted by molar-refractivity contribution is 0.166. The summed E-state index contributed by atoms with van der Waals surface area (Å²) in [7, 11) is 0. The van der Waals surface area contributed by atoms with Gasteiger partial charge in [-0.3, -0.25) is 0 Å². The molecule has 0 saturated heterocycles. The maximum Gasteiger partial charge on any atom is 0.110 e. The summed E-state index contributed by atoms with van der Waals surface area (Å²) in [4.78, 5) is 1.44. The van der Waals surface area contributed by atoms with Crippen LogP contribution >= 0.6 is 11.8 Å². The van der Waals surface area contributed by atoms with Crippen LogP contribution in [0.15, 0.2) is 41.0 Å². The molecule has 2 unspecified atom stereocenters. The summed E-state index contributed by atoms with van der Waals surface area (Å²) < 4.78 is 5.93. The van der Waals surface area contributed by atoms with E-state index in [9.17, 15) is 0 Å². The number of allylic oxidation sites excluding steroid dienone is 1. The Morgan fingerprint density at radius 2 is 2.30 bits per heavy atom. The molecule has 2 heterocycles. The average molecular weight is 289 g/mol. The number of thioether (sulfide) groups is 1. The predicted molar refractivity (Wildman–Crippen MR) is 85.1 cm³/mol. The molecule has 3 rings (SSSR count). The largest absolute Gasteiger partial charge is 0.497 e. The molecule has 1 N–H and O–H groups in total. The van der Waals surface area contributed by atoms with Crippen molar-refractivity contribution < 1.29 is 4.74 Å². The van der Waals surface area contributed by atoms with Gasteiger partial charge in [0, 0.05) is 10.1 Å². The molecule has 0 saturated carbocycles. The zero-order valence-electron chi connectivity index (χ0n) is 12.1. The van der Waals surface area contributed by atoms with E-state index in [1.54, 1.807) is 0 Å². The quantitative estimate of drug-likeness (QED) is 0.891. The summed E-state index contributed by atoms with van der Waals surface area (Å²) in [6.45, 7) is 4.15. The number of fused-ring (bicyclic) bond motifs is 1. The second-order valence-electron chi connectivity index (χ2n) is 5.50. The molecule has 0 bridgehead atoms. The van der Waals surface area contributed by atoms with E-state index in [0.29, 0.717) is 11.3 Å². The van der Waals surface area contributed by atoms with Crippen molar-refractivity contribution in [2.45, 2.75) is 48.8 Å². The number of nitrogens with one attached hydrogen (secondary N) is 1. The minimum atomic E-state index is 0.354. The van der Waals surface area contributed by atoms with Gasteiger partial charge < -0.3 is 10.1 Å². The Morgan fingerprint density at radius 1 is 1.40 bits per heavy atom. The molecule has 0 amide bonds. The van der Waals surface area contributed by atoms with Gasteiger partial charge in [0.05, 0.1) is 12.6 Å². The fraction of sp³-hybridized carbons (Fsp3) is 0.529. The molecular weight excluding hydrogens is 266 g/mol. The van der Waals surface area contributed by atoms with Crippen molar-refractivity contribution >= 4 is 11.8 Å². The van der Waals surface area contributed by atoms with Crippen LogP contribution in [-0.2, 0) is 11.2 Å². The smallest absolute Gasteiger partial charge is 0.110 e. The van der Waals surface area contributed by atoms with Crippen LogP contribution in [0, 0.1) is 0 Å². The Morgan fingerprint density at radius 3 is 3.05 bits per heavy atom. The number of ether oxygens (including phenoxy) is 1. The van der Waals surface area contributed by atoms with E-state index in [1.807, 2.05) is 11.8 Å². The number of rotatable bonds is 5. The molecular formula is C17H23NOS. The van der Waals surface area contributed by atoms with Crippen molar-refractivity contribution in [2.75, 3.05) is 13.2 Å². The first-order valence-electron chi connectivity index (χ1n) is 7.69. The molecule has 2 nitrogen and oxygen atoms in total. The highest BCUT2D eigenvalue weighted by molar-refractivity contribution is 8.00. The summed E-state index contributed by atoms with van der Waals surface area (Å²) in [6.07, 6.45) is 6.91. The maximum atomic E-state index is 5.93. The Balaban J connectivity index is 1.75. The maximum absolute atomic E-state index is 5.93. The van der Waals surface area contributed by atoms with Crippen LogP contribution in [-0.4, -0.2) is 24.4 Å². The molecule has 3 heteroatoms. The van der Waals surface area contributed by atoms with Crippen LogP contribution in [0.4, 0.5) is 0 Å². The first-order valence-corrected chi connectivity index (χ1v) is 8.57. The van der Waals surface area contributed by atoms with Crippen LogP contribution in [0.1, 0.15) is 31.7 Å². The average Bonchev–Trinajstić information content (AvgIpc) is 2.92. The van der Waals surface area contributed by atoms with Crippen molar-refractivity contribution in [3.05, 3.63) is 41.7 Å². The van der Waals surface area contributed by atoms with Crippen LogP contribution in [0.25, 0.3) is 0 Å². The van der Waals surface area contributed by atoms with E-state index in [4.69, 9.17) is 4.74 Å². The molecule has 0 aliphatic carbocycles. The second kappa shape index (κ2) is 6.68. The third-order valence-corrected chi connectivity index (χ3v) is 5.32. The lowest BCUT2D eigenvalue weighted by Crippen LogP contribution is -2.41. The van der Waals surface area contributed by atoms with Crippen molar-refractivity contribution in [3.63, 3.8) is 0 Å². The fourth-order valence-electron chi connectivity index (χ4n) is 2.90. The third kappa shape index (κ3) is 3.04. The molecule has 108 valence electrons. The molecule has 1 aromatic rings. The summed E-state index contributed by atoms with van der Waals surface area (Å²) in [5.41, 5.74) is 1.49. The monoisotopic (exact) mass is 289 g/mol. The topological polar surface area (TPSA) is 21.3 Å². The summed E-state index contributed by atoms with van der Waals surface area (Å²) in [5.74, 6) is 1.18. The van der Waals surface area contributed by atoms with E-state index < -0.39 is 0 Å². The Labute approximate surface area is 126 Å². The van der Waals surface area contributed by atoms with Gasteiger partial charge in [-0.25, -0.2) is 0 Å². The van der Waals surface area contributed by atoms with E-state index in [1.165, 1.54) is 16.2 Å². The lowest BCUT2D eigenvalue weighted by atomic mass is 10.0. The van der Waals surface area contributed by atoms with Gasteiger partial charge in [0.2, 0.25) is 0 Å². The number of hydrogen-bond acceptors (Lipinski definition) is 3. The van der Waals surface area contributed by atoms with Crippen molar-refractivity contribution in [2.24, 2.45) is 0 Å². The highest BCUT2D eigenvalue weighted by Crippen LogP contribution is 2.40. The number of benzene rings is 1. The molecule has 0 aromatic heterocycles. The van der Waals surface area contributed by atoms with Crippen LogP contribution < -0.4 is 5.32 Å². The zero-order chi connectivity index (χ0) is 13.8. The second-order valence-corrected chi connectivity index (χ2v) is 6.78. The molecule has 2 aliphatic rings. The molecule has 0 spiro atoms. The normalized spacial score (nSPS) is 22.9. The Hall–Kier alpha value is -0.930. The zero-order valence-corrected chi connectivity index (χ0v) is 12.9. The van der Waals surface area contributed by atoms with E-state index in [-0.39, 0.29) is 0 Å². The van der Waals surface area contributed by atoms with Crippen LogP contribution in [0.2, 0.25) is 0 Å². The van der Waals surface area contributed by atoms with Gasteiger partial charge >= 0.3 is 0 Å². The minimum absolute atomic E-state index is 0.354. The highest BCUT2D eigenvalue weighted by atomic mass is 32.2. The van der Waals surface area contributed by atoms with Gasteiger partial charge in [0.1, 0.15) is 5.76 Å². The van der Waals surface area contributed by atoms with Gasteiger partial charge in [-0.1, -0.05) is 25.1 Å². The van der Waals surface area contributed by atoms with E-state index >= 15 is 0 Å². The number of hydrogen-bond donors (Lipinski definition) is 1. The van der Waals surface area contributed by atoms with Crippen LogP contribution in [0.3, 0.4) is 0 Å². The molecule has 0 fully saturated rings. The minimum Gasteiger partial charge on any atom is -0.497 e. The summed E-state index contributed by atoms with van der Waals surface area (Å²) in [5, 5.41) is 4.26. The molecule has 2 atom stereocenters. The van der Waals surface area contributed by atoms with Gasteiger partial charge in [-0.2, -0.15) is 0 Å². The first kappa shape index (κ1) is 14.0. The lowest BCUT2D eigenvalue weighted by Gasteiger charge is -2.28.